The zero-order valence-corrected chi connectivity index (χ0v) is 10.0. The Kier molecular flexibility index (Phi) is 3.04. The van der Waals surface area contributed by atoms with E-state index in [0.717, 1.165) is 22.2 Å². The zero-order chi connectivity index (χ0) is 12.6. The average Bonchev–Trinajstić information content (AvgIpc) is 2.57. The van der Waals surface area contributed by atoms with Crippen molar-refractivity contribution in [1.82, 2.24) is 4.98 Å². The Bertz CT molecular complexity index is 592. The molecule has 90 valence electrons. The molecule has 6 heteroatoms. The van der Waals surface area contributed by atoms with E-state index >= 15 is 0 Å². The molecular formula is C11H12ClN3O2. The van der Waals surface area contributed by atoms with Crippen molar-refractivity contribution in [1.29, 1.82) is 0 Å². The Morgan fingerprint density at radius 3 is 2.82 bits per heavy atom. The molecular weight excluding hydrogens is 242 g/mol. The minimum absolute atomic E-state index is 0.000212. The second-order valence-corrected chi connectivity index (χ2v) is 4.28. The van der Waals surface area contributed by atoms with E-state index in [9.17, 15) is 10.1 Å². The van der Waals surface area contributed by atoms with Crippen LogP contribution in [0.4, 0.5) is 5.69 Å². The minimum Gasteiger partial charge on any atom is -0.357 e. The highest BCUT2D eigenvalue weighted by molar-refractivity contribution is 6.35. The van der Waals surface area contributed by atoms with Crippen LogP contribution in [0.5, 0.6) is 0 Å². The number of halogens is 1. The summed E-state index contributed by atoms with van der Waals surface area (Å²) in [6.07, 6.45) is 0.670. The number of aryl methyl sites for hydroxylation is 1. The van der Waals surface area contributed by atoms with Crippen molar-refractivity contribution in [3.8, 4) is 0 Å². The van der Waals surface area contributed by atoms with E-state index in [1.54, 1.807) is 0 Å². The van der Waals surface area contributed by atoms with Crippen LogP contribution < -0.4 is 5.73 Å². The van der Waals surface area contributed by atoms with E-state index in [4.69, 9.17) is 17.3 Å². The number of hydrogen-bond donors (Lipinski definition) is 2. The van der Waals surface area contributed by atoms with Gasteiger partial charge in [0.1, 0.15) is 0 Å². The van der Waals surface area contributed by atoms with Crippen LogP contribution in [-0.2, 0) is 6.42 Å². The van der Waals surface area contributed by atoms with Crippen LogP contribution in [0.1, 0.15) is 11.3 Å². The lowest BCUT2D eigenvalue weighted by molar-refractivity contribution is -0.384. The first-order valence-corrected chi connectivity index (χ1v) is 5.57. The van der Waals surface area contributed by atoms with Gasteiger partial charge in [0.05, 0.1) is 15.5 Å². The number of nitrogens with two attached hydrogens (primary N) is 1. The third kappa shape index (κ3) is 1.99. The predicted octanol–water partition coefficient (Wildman–Crippen LogP) is 2.54. The van der Waals surface area contributed by atoms with Crippen LogP contribution in [0.2, 0.25) is 5.02 Å². The number of fused-ring (bicyclic) bond motifs is 1. The summed E-state index contributed by atoms with van der Waals surface area (Å²) in [5, 5.41) is 11.9. The normalized spacial score (nSPS) is 11.0. The number of nitro benzene ring substituents is 1. The molecule has 0 bridgehead atoms. The summed E-state index contributed by atoms with van der Waals surface area (Å²) in [5.74, 6) is 0. The molecule has 17 heavy (non-hydrogen) atoms. The number of nitrogens with zero attached hydrogens (tertiary/aromatic N) is 1. The lowest BCUT2D eigenvalue weighted by atomic mass is 10.1. The molecule has 1 heterocycles. The van der Waals surface area contributed by atoms with Crippen molar-refractivity contribution in [2.75, 3.05) is 6.54 Å². The highest BCUT2D eigenvalue weighted by Gasteiger charge is 2.16. The molecule has 0 radical (unpaired) electrons. The van der Waals surface area contributed by atoms with Gasteiger partial charge >= 0.3 is 0 Å². The number of aromatic amines is 1. The lowest BCUT2D eigenvalue weighted by Gasteiger charge is -1.99. The van der Waals surface area contributed by atoms with Crippen LogP contribution in [0, 0.1) is 17.0 Å². The van der Waals surface area contributed by atoms with E-state index in [1.165, 1.54) is 12.1 Å². The van der Waals surface area contributed by atoms with Gasteiger partial charge in [0.15, 0.2) is 0 Å². The molecule has 0 fully saturated rings. The third-order valence-electron chi connectivity index (χ3n) is 2.77. The molecule has 0 aliphatic carbocycles. The molecule has 2 rings (SSSR count). The standard InChI is InChI=1S/C11H12ClN3O2/c1-6-8(2-3-13)9-4-7(15(16)17)5-10(12)11(9)14-6/h4-5,14H,2-3,13H2,1H3. The first-order valence-electron chi connectivity index (χ1n) is 5.19. The minimum atomic E-state index is -0.445. The summed E-state index contributed by atoms with van der Waals surface area (Å²) < 4.78 is 0. The van der Waals surface area contributed by atoms with E-state index < -0.39 is 4.92 Å². The highest BCUT2D eigenvalue weighted by atomic mass is 35.5. The summed E-state index contributed by atoms with van der Waals surface area (Å²) >= 11 is 6.02. The van der Waals surface area contributed by atoms with Gasteiger partial charge in [-0.1, -0.05) is 11.6 Å². The van der Waals surface area contributed by atoms with Gasteiger partial charge in [0.25, 0.3) is 5.69 Å². The van der Waals surface area contributed by atoms with Crippen molar-refractivity contribution in [3.05, 3.63) is 38.5 Å². The van der Waals surface area contributed by atoms with Gasteiger partial charge in [-0.15, -0.1) is 0 Å². The maximum absolute atomic E-state index is 10.8. The van der Waals surface area contributed by atoms with Gasteiger partial charge < -0.3 is 10.7 Å². The monoisotopic (exact) mass is 253 g/mol. The molecule has 0 amide bonds. The van der Waals surface area contributed by atoms with E-state index in [2.05, 4.69) is 4.98 Å². The van der Waals surface area contributed by atoms with Gasteiger partial charge in [-0.05, 0) is 25.5 Å². The molecule has 1 aromatic heterocycles. The second kappa shape index (κ2) is 4.35. The molecule has 0 saturated carbocycles. The Hall–Kier alpha value is -1.59. The number of nitro groups is 1. The number of benzene rings is 1. The van der Waals surface area contributed by atoms with E-state index in [1.807, 2.05) is 6.92 Å². The van der Waals surface area contributed by atoms with Gasteiger partial charge in [-0.2, -0.15) is 0 Å². The summed E-state index contributed by atoms with van der Waals surface area (Å²) in [7, 11) is 0. The van der Waals surface area contributed by atoms with Crippen LogP contribution >= 0.6 is 11.6 Å². The van der Waals surface area contributed by atoms with Gasteiger partial charge in [0, 0.05) is 23.2 Å². The van der Waals surface area contributed by atoms with Gasteiger partial charge in [-0.25, -0.2) is 0 Å². The SMILES string of the molecule is Cc1[nH]c2c(Cl)cc([N+](=O)[O-])cc2c1CCN. The zero-order valence-electron chi connectivity index (χ0n) is 9.29. The van der Waals surface area contributed by atoms with Crippen LogP contribution in [0.15, 0.2) is 12.1 Å². The number of rotatable bonds is 3. The molecule has 0 atom stereocenters. The number of non-ortho nitro benzene ring substituents is 1. The van der Waals surface area contributed by atoms with Crippen LogP contribution in [0.3, 0.4) is 0 Å². The van der Waals surface area contributed by atoms with Crippen LogP contribution in [-0.4, -0.2) is 16.5 Å². The summed E-state index contributed by atoms with van der Waals surface area (Å²) in [4.78, 5) is 13.5. The molecule has 0 spiro atoms. The fraction of sp³-hybridized carbons (Fsp3) is 0.273. The predicted molar refractivity (Wildman–Crippen MR) is 67.5 cm³/mol. The molecule has 0 aliphatic rings. The highest BCUT2D eigenvalue weighted by Crippen LogP contribution is 2.32. The van der Waals surface area contributed by atoms with Crippen molar-refractivity contribution in [2.24, 2.45) is 5.73 Å². The van der Waals surface area contributed by atoms with Crippen molar-refractivity contribution in [2.45, 2.75) is 13.3 Å². The van der Waals surface area contributed by atoms with Crippen molar-refractivity contribution in [3.63, 3.8) is 0 Å². The maximum Gasteiger partial charge on any atom is 0.271 e. The molecule has 0 aliphatic heterocycles. The number of aromatic nitrogens is 1. The van der Waals surface area contributed by atoms with Gasteiger partial charge in [-0.3, -0.25) is 10.1 Å². The average molecular weight is 254 g/mol. The first-order chi connectivity index (χ1) is 8.04. The van der Waals surface area contributed by atoms with E-state index in [0.29, 0.717) is 18.0 Å². The second-order valence-electron chi connectivity index (χ2n) is 3.87. The summed E-state index contributed by atoms with van der Waals surface area (Å²) in [5.41, 5.74) is 8.21. The smallest absolute Gasteiger partial charge is 0.271 e. The summed E-state index contributed by atoms with van der Waals surface area (Å²) in [6, 6.07) is 2.89. The fourth-order valence-electron chi connectivity index (χ4n) is 1.99. The number of nitrogens with one attached hydrogen (secondary N) is 1. The fourth-order valence-corrected chi connectivity index (χ4v) is 2.26. The number of H-pyrrole nitrogens is 1. The van der Waals surface area contributed by atoms with Crippen LogP contribution in [0.25, 0.3) is 10.9 Å². The Morgan fingerprint density at radius 2 is 2.24 bits per heavy atom. The van der Waals surface area contributed by atoms with Crippen molar-refractivity contribution < 1.29 is 4.92 Å². The topological polar surface area (TPSA) is 84.9 Å². The van der Waals surface area contributed by atoms with Crippen molar-refractivity contribution >= 4 is 28.2 Å². The molecule has 1 aromatic carbocycles. The maximum atomic E-state index is 10.8. The van der Waals surface area contributed by atoms with Gasteiger partial charge in [0.2, 0.25) is 0 Å². The molecule has 0 unspecified atom stereocenters. The first kappa shape index (κ1) is 11.9. The lowest BCUT2D eigenvalue weighted by Crippen LogP contribution is -2.03. The Morgan fingerprint density at radius 1 is 1.53 bits per heavy atom. The number of hydrogen-bond acceptors (Lipinski definition) is 3. The third-order valence-corrected chi connectivity index (χ3v) is 3.07. The summed E-state index contributed by atoms with van der Waals surface area (Å²) in [6.45, 7) is 2.40. The molecule has 0 saturated heterocycles. The molecule has 2 aromatic rings. The Labute approximate surface area is 103 Å². The Balaban J connectivity index is 2.74. The van der Waals surface area contributed by atoms with E-state index in [-0.39, 0.29) is 5.69 Å². The quantitative estimate of drug-likeness (QED) is 0.651. The molecule has 3 N–H and O–H groups in total. The largest absolute Gasteiger partial charge is 0.357 e. The molecule has 5 nitrogen and oxygen atoms in total.